The van der Waals surface area contributed by atoms with Gasteiger partial charge in [0, 0.05) is 9.79 Å². The van der Waals surface area contributed by atoms with Crippen molar-refractivity contribution in [3.8, 4) is 0 Å². The molecule has 0 atom stereocenters. The van der Waals surface area contributed by atoms with Crippen molar-refractivity contribution in [1.29, 1.82) is 0 Å². The predicted molar refractivity (Wildman–Crippen MR) is 98.9 cm³/mol. The van der Waals surface area contributed by atoms with E-state index in [0.29, 0.717) is 10.0 Å². The Morgan fingerprint density at radius 3 is 1.79 bits per heavy atom. The lowest BCUT2D eigenvalue weighted by Gasteiger charge is -2.08. The second-order valence-corrected chi connectivity index (χ2v) is 8.79. The maximum atomic E-state index is 12.6. The third-order valence-electron chi connectivity index (χ3n) is 3.33. The number of rotatable bonds is 4. The Morgan fingerprint density at radius 1 is 0.667 bits per heavy atom. The van der Waals surface area contributed by atoms with Gasteiger partial charge in [-0.3, -0.25) is 0 Å². The Hall–Kier alpha value is -1.46. The van der Waals surface area contributed by atoms with Crippen LogP contribution < -0.4 is 0 Å². The van der Waals surface area contributed by atoms with E-state index in [1.165, 1.54) is 11.8 Å². The maximum Gasteiger partial charge on any atom is 0.206 e. The molecule has 0 N–H and O–H groups in total. The number of sulfone groups is 1. The first-order valence-electron chi connectivity index (χ1n) is 7.00. The topological polar surface area (TPSA) is 34.1 Å². The van der Waals surface area contributed by atoms with Gasteiger partial charge in [-0.2, -0.15) is 0 Å². The first kappa shape index (κ1) is 17.4. The van der Waals surface area contributed by atoms with E-state index in [9.17, 15) is 8.42 Å². The average Bonchev–Trinajstić information content (AvgIpc) is 2.59. The first-order chi connectivity index (χ1) is 11.5. The minimum absolute atomic E-state index is 0.253. The minimum atomic E-state index is -3.51. The van der Waals surface area contributed by atoms with E-state index in [2.05, 4.69) is 0 Å². The minimum Gasteiger partial charge on any atom is -0.219 e. The van der Waals surface area contributed by atoms with Gasteiger partial charge < -0.3 is 0 Å². The molecule has 6 heteroatoms. The number of benzene rings is 3. The van der Waals surface area contributed by atoms with Gasteiger partial charge in [0.15, 0.2) is 0 Å². The van der Waals surface area contributed by atoms with Gasteiger partial charge in [-0.1, -0.05) is 59.2 Å². The Balaban J connectivity index is 1.89. The smallest absolute Gasteiger partial charge is 0.206 e. The van der Waals surface area contributed by atoms with Crippen LogP contribution in [0.5, 0.6) is 0 Å². The molecule has 0 fully saturated rings. The fourth-order valence-electron chi connectivity index (χ4n) is 2.12. The van der Waals surface area contributed by atoms with Crippen LogP contribution >= 0.6 is 35.0 Å². The quantitative estimate of drug-likeness (QED) is 0.545. The van der Waals surface area contributed by atoms with Crippen LogP contribution in [-0.4, -0.2) is 8.42 Å². The van der Waals surface area contributed by atoms with Crippen molar-refractivity contribution in [3.05, 3.63) is 82.8 Å². The molecule has 3 aromatic rings. The Bertz CT molecular complexity index is 934. The van der Waals surface area contributed by atoms with Crippen LogP contribution in [0.25, 0.3) is 0 Å². The molecule has 0 saturated carbocycles. The molecule has 0 aromatic heterocycles. The third kappa shape index (κ3) is 3.62. The van der Waals surface area contributed by atoms with Crippen LogP contribution in [0.2, 0.25) is 10.0 Å². The molecule has 0 heterocycles. The molecule has 3 rings (SSSR count). The lowest BCUT2D eigenvalue weighted by atomic mass is 10.4. The van der Waals surface area contributed by atoms with Crippen molar-refractivity contribution in [1.82, 2.24) is 0 Å². The predicted octanol–water partition coefficient (Wildman–Crippen LogP) is 5.98. The summed E-state index contributed by atoms with van der Waals surface area (Å²) < 4.78 is 25.1. The van der Waals surface area contributed by atoms with Gasteiger partial charge in [-0.15, -0.1) is 0 Å². The highest BCUT2D eigenvalue weighted by Gasteiger charge is 2.17. The number of hydrogen-bond donors (Lipinski definition) is 0. The summed E-state index contributed by atoms with van der Waals surface area (Å²) in [4.78, 5) is 2.14. The maximum absolute atomic E-state index is 12.6. The van der Waals surface area contributed by atoms with Crippen LogP contribution in [0, 0.1) is 0 Å². The zero-order valence-corrected chi connectivity index (χ0v) is 15.5. The van der Waals surface area contributed by atoms with E-state index < -0.39 is 9.84 Å². The van der Waals surface area contributed by atoms with Crippen LogP contribution in [0.3, 0.4) is 0 Å². The molecule has 0 radical (unpaired) electrons. The molecule has 3 aromatic carbocycles. The largest absolute Gasteiger partial charge is 0.219 e. The zero-order chi connectivity index (χ0) is 17.2. The monoisotopic (exact) mass is 394 g/mol. The van der Waals surface area contributed by atoms with E-state index >= 15 is 0 Å². The van der Waals surface area contributed by atoms with Crippen molar-refractivity contribution < 1.29 is 8.42 Å². The van der Waals surface area contributed by atoms with E-state index in [0.717, 1.165) is 9.79 Å². The van der Waals surface area contributed by atoms with Crippen LogP contribution in [0.1, 0.15) is 0 Å². The van der Waals surface area contributed by atoms with Crippen LogP contribution in [0.15, 0.2) is 92.4 Å². The van der Waals surface area contributed by atoms with Crippen molar-refractivity contribution in [3.63, 3.8) is 0 Å². The van der Waals surface area contributed by atoms with Crippen LogP contribution in [-0.2, 0) is 9.84 Å². The fraction of sp³-hybridized carbons (Fsp3) is 0. The third-order valence-corrected chi connectivity index (χ3v) is 7.12. The summed E-state index contributed by atoms with van der Waals surface area (Å²) in [6.07, 6.45) is 0. The summed E-state index contributed by atoms with van der Waals surface area (Å²) in [6.45, 7) is 0. The summed E-state index contributed by atoms with van der Waals surface area (Å²) >= 11 is 13.7. The van der Waals surface area contributed by atoms with Gasteiger partial charge >= 0.3 is 0 Å². The van der Waals surface area contributed by atoms with Crippen LogP contribution in [0.4, 0.5) is 0 Å². The molecule has 24 heavy (non-hydrogen) atoms. The van der Waals surface area contributed by atoms with E-state index in [4.69, 9.17) is 23.2 Å². The normalized spacial score (nSPS) is 11.4. The molecule has 0 spiro atoms. The Labute approximate surface area is 155 Å². The highest BCUT2D eigenvalue weighted by molar-refractivity contribution is 7.99. The molecule has 0 unspecified atom stereocenters. The van der Waals surface area contributed by atoms with Crippen molar-refractivity contribution in [2.75, 3.05) is 0 Å². The van der Waals surface area contributed by atoms with Gasteiger partial charge in [0.2, 0.25) is 9.84 Å². The average molecular weight is 395 g/mol. The summed E-state index contributed by atoms with van der Waals surface area (Å²) in [7, 11) is -3.51. The van der Waals surface area contributed by atoms with Gasteiger partial charge in [0.25, 0.3) is 0 Å². The molecular weight excluding hydrogens is 383 g/mol. The van der Waals surface area contributed by atoms with Gasteiger partial charge in [-0.25, -0.2) is 8.42 Å². The van der Waals surface area contributed by atoms with Crippen molar-refractivity contribution >= 4 is 44.8 Å². The standard InChI is InChI=1S/C18H12Cl2O2S2/c19-16-7-4-8-17(20)18(16)23-13-9-11-15(12-10-13)24(21,22)14-5-2-1-3-6-14/h1-12H. The second-order valence-electron chi connectivity index (χ2n) is 4.94. The fourth-order valence-corrected chi connectivity index (χ4v) is 4.87. The molecule has 2 nitrogen and oxygen atoms in total. The molecule has 0 amide bonds. The number of hydrogen-bond acceptors (Lipinski definition) is 3. The lowest BCUT2D eigenvalue weighted by Crippen LogP contribution is -2.01. The van der Waals surface area contributed by atoms with Crippen molar-refractivity contribution in [2.24, 2.45) is 0 Å². The van der Waals surface area contributed by atoms with Gasteiger partial charge in [-0.05, 0) is 48.5 Å². The number of halogens is 2. The molecule has 0 saturated heterocycles. The molecule has 122 valence electrons. The Kier molecular flexibility index (Phi) is 5.21. The lowest BCUT2D eigenvalue weighted by molar-refractivity contribution is 0.596. The molecular formula is C18H12Cl2O2S2. The first-order valence-corrected chi connectivity index (χ1v) is 10.1. The summed E-state index contributed by atoms with van der Waals surface area (Å²) in [6, 6.07) is 20.4. The second kappa shape index (κ2) is 7.19. The van der Waals surface area contributed by atoms with Gasteiger partial charge in [0.1, 0.15) is 0 Å². The summed E-state index contributed by atoms with van der Waals surface area (Å²) in [5, 5.41) is 1.13. The molecule has 0 aliphatic heterocycles. The van der Waals surface area contributed by atoms with E-state index in [1.807, 2.05) is 0 Å². The molecule has 0 aliphatic rings. The van der Waals surface area contributed by atoms with Gasteiger partial charge in [0.05, 0.1) is 19.8 Å². The highest BCUT2D eigenvalue weighted by Crippen LogP contribution is 2.38. The van der Waals surface area contributed by atoms with E-state index in [1.54, 1.807) is 72.8 Å². The zero-order valence-electron chi connectivity index (χ0n) is 12.3. The highest BCUT2D eigenvalue weighted by atomic mass is 35.5. The SMILES string of the molecule is O=S(=O)(c1ccccc1)c1ccc(Sc2c(Cl)cccc2Cl)cc1. The molecule has 0 bridgehead atoms. The van der Waals surface area contributed by atoms with Crippen molar-refractivity contribution in [2.45, 2.75) is 19.6 Å². The van der Waals surface area contributed by atoms with E-state index in [-0.39, 0.29) is 9.79 Å². The Morgan fingerprint density at radius 2 is 1.21 bits per heavy atom. The summed E-state index contributed by atoms with van der Waals surface area (Å²) in [5.41, 5.74) is 0. The summed E-state index contributed by atoms with van der Waals surface area (Å²) in [5.74, 6) is 0. The molecule has 0 aliphatic carbocycles.